The predicted molar refractivity (Wildman–Crippen MR) is 68.4 cm³/mol. The van der Waals surface area contributed by atoms with Crippen LogP contribution in [0.4, 0.5) is 0 Å². The van der Waals surface area contributed by atoms with E-state index in [1.807, 2.05) is 13.8 Å². The molecule has 1 aliphatic heterocycles. The van der Waals surface area contributed by atoms with Crippen molar-refractivity contribution in [3.8, 4) is 0 Å². The second-order valence-electron chi connectivity index (χ2n) is 4.70. The summed E-state index contributed by atoms with van der Waals surface area (Å²) < 4.78 is 26.1. The average molecular weight is 289 g/mol. The molecule has 2 unspecified atom stereocenters. The van der Waals surface area contributed by atoms with Crippen molar-refractivity contribution < 1.29 is 18.3 Å². The highest BCUT2D eigenvalue weighted by molar-refractivity contribution is 7.89. The van der Waals surface area contributed by atoms with Crippen LogP contribution in [0.2, 0.25) is 0 Å². The summed E-state index contributed by atoms with van der Waals surface area (Å²) in [7, 11) is -3.67. The van der Waals surface area contributed by atoms with Gasteiger partial charge in [0.05, 0.1) is 0 Å². The third-order valence-corrected chi connectivity index (χ3v) is 6.30. The van der Waals surface area contributed by atoms with Crippen molar-refractivity contribution in [3.05, 3.63) is 16.3 Å². The summed E-state index contributed by atoms with van der Waals surface area (Å²) in [5, 5.41) is 10.5. The van der Waals surface area contributed by atoms with E-state index in [1.54, 1.807) is 0 Å². The number of hydrogen-bond acceptors (Lipinski definition) is 4. The van der Waals surface area contributed by atoms with Crippen LogP contribution in [-0.2, 0) is 10.0 Å². The fourth-order valence-corrected chi connectivity index (χ4v) is 4.94. The van der Waals surface area contributed by atoms with Crippen LogP contribution in [0.5, 0.6) is 0 Å². The van der Waals surface area contributed by atoms with Gasteiger partial charge in [-0.1, -0.05) is 13.8 Å². The normalized spacial score (nSPS) is 25.4. The minimum Gasteiger partial charge on any atom is -0.477 e. The molecule has 0 spiro atoms. The lowest BCUT2D eigenvalue weighted by atomic mass is 10.0. The zero-order valence-corrected chi connectivity index (χ0v) is 11.8. The van der Waals surface area contributed by atoms with E-state index in [4.69, 9.17) is 5.11 Å². The summed E-state index contributed by atoms with van der Waals surface area (Å²) >= 11 is 0.940. The highest BCUT2D eigenvalue weighted by atomic mass is 32.2. The van der Waals surface area contributed by atoms with E-state index in [0.717, 1.165) is 11.3 Å². The smallest absolute Gasteiger partial charge is 0.347 e. The molecule has 18 heavy (non-hydrogen) atoms. The summed E-state index contributed by atoms with van der Waals surface area (Å²) in [6.07, 6.45) is 0. The zero-order chi connectivity index (χ0) is 13.5. The number of rotatable bonds is 3. The first-order valence-corrected chi connectivity index (χ1v) is 7.97. The molecular weight excluding hydrogens is 274 g/mol. The van der Waals surface area contributed by atoms with Crippen LogP contribution in [0, 0.1) is 11.8 Å². The molecule has 1 N–H and O–H groups in total. The number of sulfonamides is 1. The largest absolute Gasteiger partial charge is 0.477 e. The first-order chi connectivity index (χ1) is 8.34. The monoisotopic (exact) mass is 289 g/mol. The van der Waals surface area contributed by atoms with Crippen molar-refractivity contribution in [1.29, 1.82) is 0 Å². The highest BCUT2D eigenvalue weighted by Gasteiger charge is 2.37. The molecule has 1 saturated heterocycles. The van der Waals surface area contributed by atoms with E-state index in [1.165, 1.54) is 15.8 Å². The molecule has 0 aromatic carbocycles. The molecule has 1 aromatic rings. The third kappa shape index (κ3) is 2.17. The molecule has 5 nitrogen and oxygen atoms in total. The molecule has 0 radical (unpaired) electrons. The summed E-state index contributed by atoms with van der Waals surface area (Å²) in [5.74, 6) is -0.595. The van der Waals surface area contributed by atoms with Gasteiger partial charge in [0.15, 0.2) is 0 Å². The number of nitrogens with zero attached hydrogens (tertiary/aromatic N) is 1. The number of carboxylic acids is 1. The van der Waals surface area contributed by atoms with E-state index in [0.29, 0.717) is 24.9 Å². The number of hydrogen-bond donors (Lipinski definition) is 1. The molecule has 0 amide bonds. The van der Waals surface area contributed by atoms with Gasteiger partial charge in [-0.05, 0) is 23.3 Å². The van der Waals surface area contributed by atoms with Crippen molar-refractivity contribution in [3.63, 3.8) is 0 Å². The van der Waals surface area contributed by atoms with Gasteiger partial charge in [0.1, 0.15) is 9.77 Å². The standard InChI is InChI=1S/C11H15NO4S2/c1-7-5-12(6-8(7)2)18(15,16)9-3-4-17-10(9)11(13)14/h3-4,7-8H,5-6H2,1-2H3,(H,13,14). The fourth-order valence-electron chi connectivity index (χ4n) is 2.07. The van der Waals surface area contributed by atoms with Gasteiger partial charge in [0, 0.05) is 13.1 Å². The molecule has 2 atom stereocenters. The van der Waals surface area contributed by atoms with Crippen LogP contribution in [0.3, 0.4) is 0 Å². The van der Waals surface area contributed by atoms with Gasteiger partial charge in [0.2, 0.25) is 10.0 Å². The Bertz CT molecular complexity index is 553. The molecule has 0 saturated carbocycles. The minimum absolute atomic E-state index is 0.0821. The molecule has 1 aromatic heterocycles. The summed E-state index contributed by atoms with van der Waals surface area (Å²) in [5.41, 5.74) is 0. The van der Waals surface area contributed by atoms with Gasteiger partial charge in [-0.2, -0.15) is 4.31 Å². The molecule has 1 fully saturated rings. The number of thiophene rings is 1. The van der Waals surface area contributed by atoms with Crippen molar-refractivity contribution in [2.24, 2.45) is 11.8 Å². The maximum atomic E-state index is 12.4. The van der Waals surface area contributed by atoms with Crippen LogP contribution in [0.25, 0.3) is 0 Å². The minimum atomic E-state index is -3.67. The highest BCUT2D eigenvalue weighted by Crippen LogP contribution is 2.31. The van der Waals surface area contributed by atoms with Crippen molar-refractivity contribution in [2.45, 2.75) is 18.7 Å². The zero-order valence-electron chi connectivity index (χ0n) is 10.2. The molecule has 1 aliphatic rings. The maximum absolute atomic E-state index is 12.4. The molecular formula is C11H15NO4S2. The van der Waals surface area contributed by atoms with Gasteiger partial charge in [-0.3, -0.25) is 0 Å². The van der Waals surface area contributed by atoms with E-state index in [2.05, 4.69) is 0 Å². The molecule has 0 aliphatic carbocycles. The Hall–Kier alpha value is -0.920. The van der Waals surface area contributed by atoms with Gasteiger partial charge in [-0.15, -0.1) is 11.3 Å². The van der Waals surface area contributed by atoms with Crippen LogP contribution >= 0.6 is 11.3 Å². The van der Waals surface area contributed by atoms with Crippen molar-refractivity contribution in [2.75, 3.05) is 13.1 Å². The molecule has 0 bridgehead atoms. The lowest BCUT2D eigenvalue weighted by Crippen LogP contribution is -2.29. The Morgan fingerprint density at radius 3 is 2.44 bits per heavy atom. The maximum Gasteiger partial charge on any atom is 0.347 e. The van der Waals surface area contributed by atoms with E-state index in [9.17, 15) is 13.2 Å². The Kier molecular flexibility index (Phi) is 3.48. The van der Waals surface area contributed by atoms with Gasteiger partial charge in [0.25, 0.3) is 0 Å². The SMILES string of the molecule is CC1CN(S(=O)(=O)c2ccsc2C(=O)O)CC1C. The van der Waals surface area contributed by atoms with Crippen molar-refractivity contribution >= 4 is 27.3 Å². The molecule has 100 valence electrons. The van der Waals surface area contributed by atoms with E-state index in [-0.39, 0.29) is 9.77 Å². The van der Waals surface area contributed by atoms with Gasteiger partial charge in [-0.25, -0.2) is 13.2 Å². The fraction of sp³-hybridized carbons (Fsp3) is 0.545. The van der Waals surface area contributed by atoms with E-state index >= 15 is 0 Å². The van der Waals surface area contributed by atoms with Crippen LogP contribution in [0.1, 0.15) is 23.5 Å². The Labute approximate surface area is 110 Å². The molecule has 7 heteroatoms. The molecule has 2 rings (SSSR count). The van der Waals surface area contributed by atoms with Gasteiger partial charge < -0.3 is 5.11 Å². The summed E-state index contributed by atoms with van der Waals surface area (Å²) in [6.45, 7) is 4.93. The summed E-state index contributed by atoms with van der Waals surface area (Å²) in [4.78, 5) is 10.8. The first-order valence-electron chi connectivity index (χ1n) is 5.65. The lowest BCUT2D eigenvalue weighted by Gasteiger charge is -2.15. The quantitative estimate of drug-likeness (QED) is 0.919. The Balaban J connectivity index is 2.38. The molecule has 2 heterocycles. The second kappa shape index (κ2) is 4.64. The first kappa shape index (κ1) is 13.5. The average Bonchev–Trinajstić information content (AvgIpc) is 2.87. The Morgan fingerprint density at radius 1 is 1.39 bits per heavy atom. The third-order valence-electron chi connectivity index (χ3n) is 3.40. The van der Waals surface area contributed by atoms with Crippen LogP contribution in [0.15, 0.2) is 16.3 Å². The number of aromatic carboxylic acids is 1. The number of carboxylic acid groups (broad SMARTS) is 1. The topological polar surface area (TPSA) is 74.7 Å². The second-order valence-corrected chi connectivity index (χ2v) is 7.52. The summed E-state index contributed by atoms with van der Waals surface area (Å²) in [6, 6.07) is 1.37. The Morgan fingerprint density at radius 2 is 1.94 bits per heavy atom. The predicted octanol–water partition coefficient (Wildman–Crippen LogP) is 1.72. The van der Waals surface area contributed by atoms with Gasteiger partial charge >= 0.3 is 5.97 Å². The van der Waals surface area contributed by atoms with Crippen LogP contribution < -0.4 is 0 Å². The number of carbonyl (C=O) groups is 1. The van der Waals surface area contributed by atoms with Crippen LogP contribution in [-0.4, -0.2) is 36.9 Å². The lowest BCUT2D eigenvalue weighted by molar-refractivity contribution is 0.0698. The van der Waals surface area contributed by atoms with E-state index < -0.39 is 16.0 Å². The van der Waals surface area contributed by atoms with Crippen molar-refractivity contribution in [1.82, 2.24) is 4.31 Å².